The van der Waals surface area contributed by atoms with Gasteiger partial charge in [-0.3, -0.25) is 4.79 Å². The van der Waals surface area contributed by atoms with Gasteiger partial charge in [-0.2, -0.15) is 0 Å². The molecule has 0 bridgehead atoms. The number of anilines is 1. The molecule has 0 amide bonds. The molecule has 4 heteroatoms. The van der Waals surface area contributed by atoms with E-state index in [1.165, 1.54) is 7.11 Å². The SMILES string of the molecule is COC(=O)CCCOc1cccc(N)c1C. The topological polar surface area (TPSA) is 61.5 Å². The molecule has 16 heavy (non-hydrogen) atoms. The Morgan fingerprint density at radius 2 is 2.19 bits per heavy atom. The first-order valence-electron chi connectivity index (χ1n) is 5.20. The van der Waals surface area contributed by atoms with Crippen molar-refractivity contribution in [3.8, 4) is 5.75 Å². The molecule has 88 valence electrons. The van der Waals surface area contributed by atoms with Crippen LogP contribution in [0.2, 0.25) is 0 Å². The molecule has 0 aliphatic carbocycles. The van der Waals surface area contributed by atoms with Crippen molar-refractivity contribution in [3.63, 3.8) is 0 Å². The third-order valence-electron chi connectivity index (χ3n) is 2.34. The van der Waals surface area contributed by atoms with E-state index in [1.807, 2.05) is 25.1 Å². The van der Waals surface area contributed by atoms with Crippen molar-refractivity contribution in [3.05, 3.63) is 23.8 Å². The number of methoxy groups -OCH3 is 1. The van der Waals surface area contributed by atoms with E-state index in [0.717, 1.165) is 11.3 Å². The number of ether oxygens (including phenoxy) is 2. The summed E-state index contributed by atoms with van der Waals surface area (Å²) < 4.78 is 10.1. The largest absolute Gasteiger partial charge is 0.493 e. The maximum atomic E-state index is 10.8. The van der Waals surface area contributed by atoms with E-state index < -0.39 is 0 Å². The zero-order valence-electron chi connectivity index (χ0n) is 9.66. The van der Waals surface area contributed by atoms with Crippen LogP contribution in [0.15, 0.2) is 18.2 Å². The molecule has 1 aromatic carbocycles. The van der Waals surface area contributed by atoms with E-state index in [0.29, 0.717) is 25.1 Å². The van der Waals surface area contributed by atoms with Crippen LogP contribution < -0.4 is 10.5 Å². The summed E-state index contributed by atoms with van der Waals surface area (Å²) in [5, 5.41) is 0. The highest BCUT2D eigenvalue weighted by molar-refractivity contribution is 5.69. The molecular formula is C12H17NO3. The Balaban J connectivity index is 2.38. The van der Waals surface area contributed by atoms with E-state index in [9.17, 15) is 4.79 Å². The predicted molar refractivity (Wildman–Crippen MR) is 62.3 cm³/mol. The molecule has 0 radical (unpaired) electrons. The first kappa shape index (κ1) is 12.4. The zero-order valence-corrected chi connectivity index (χ0v) is 9.66. The second kappa shape index (κ2) is 6.00. The first-order valence-corrected chi connectivity index (χ1v) is 5.20. The molecule has 2 N–H and O–H groups in total. The Morgan fingerprint density at radius 1 is 1.44 bits per heavy atom. The van der Waals surface area contributed by atoms with Gasteiger partial charge in [0.15, 0.2) is 0 Å². The maximum Gasteiger partial charge on any atom is 0.305 e. The van der Waals surface area contributed by atoms with Gasteiger partial charge in [-0.25, -0.2) is 0 Å². The van der Waals surface area contributed by atoms with Crippen LogP contribution >= 0.6 is 0 Å². The summed E-state index contributed by atoms with van der Waals surface area (Å²) >= 11 is 0. The second-order valence-corrected chi connectivity index (χ2v) is 3.50. The molecule has 0 unspecified atom stereocenters. The molecule has 0 fully saturated rings. The third kappa shape index (κ3) is 3.46. The third-order valence-corrected chi connectivity index (χ3v) is 2.34. The Hall–Kier alpha value is -1.71. The number of carbonyl (C=O) groups is 1. The van der Waals surface area contributed by atoms with Crippen molar-refractivity contribution in [2.45, 2.75) is 19.8 Å². The minimum atomic E-state index is -0.215. The van der Waals surface area contributed by atoms with E-state index in [2.05, 4.69) is 4.74 Å². The van der Waals surface area contributed by atoms with Crippen molar-refractivity contribution in [2.75, 3.05) is 19.5 Å². The maximum absolute atomic E-state index is 10.8. The van der Waals surface area contributed by atoms with Gasteiger partial charge >= 0.3 is 5.97 Å². The van der Waals surface area contributed by atoms with Crippen LogP contribution in [0.4, 0.5) is 5.69 Å². The summed E-state index contributed by atoms with van der Waals surface area (Å²) in [5.41, 5.74) is 7.38. The van der Waals surface area contributed by atoms with Crippen LogP contribution in [-0.2, 0) is 9.53 Å². The normalized spacial score (nSPS) is 9.88. The molecule has 0 saturated heterocycles. The van der Waals surface area contributed by atoms with Crippen LogP contribution in [0.3, 0.4) is 0 Å². The molecule has 0 heterocycles. The lowest BCUT2D eigenvalue weighted by Gasteiger charge is -2.10. The van der Waals surface area contributed by atoms with Crippen molar-refractivity contribution < 1.29 is 14.3 Å². The van der Waals surface area contributed by atoms with Gasteiger partial charge in [0.05, 0.1) is 13.7 Å². The predicted octanol–water partition coefficient (Wildman–Crippen LogP) is 1.91. The fourth-order valence-electron chi connectivity index (χ4n) is 1.29. The number of hydrogen-bond donors (Lipinski definition) is 1. The Morgan fingerprint density at radius 3 is 2.88 bits per heavy atom. The summed E-state index contributed by atoms with van der Waals surface area (Å²) in [6.07, 6.45) is 1.01. The van der Waals surface area contributed by atoms with E-state index in [4.69, 9.17) is 10.5 Å². The fourth-order valence-corrected chi connectivity index (χ4v) is 1.29. The van der Waals surface area contributed by atoms with Crippen molar-refractivity contribution in [2.24, 2.45) is 0 Å². The smallest absolute Gasteiger partial charge is 0.305 e. The number of hydrogen-bond acceptors (Lipinski definition) is 4. The summed E-state index contributed by atoms with van der Waals surface area (Å²) in [5.74, 6) is 0.553. The zero-order chi connectivity index (χ0) is 12.0. The number of rotatable bonds is 5. The molecule has 0 spiro atoms. The minimum Gasteiger partial charge on any atom is -0.493 e. The summed E-state index contributed by atoms with van der Waals surface area (Å²) in [6, 6.07) is 5.54. The van der Waals surface area contributed by atoms with Crippen LogP contribution in [0.25, 0.3) is 0 Å². The van der Waals surface area contributed by atoms with Crippen LogP contribution in [-0.4, -0.2) is 19.7 Å². The second-order valence-electron chi connectivity index (χ2n) is 3.50. The van der Waals surface area contributed by atoms with Crippen molar-refractivity contribution in [1.29, 1.82) is 0 Å². The van der Waals surface area contributed by atoms with Gasteiger partial charge in [0.2, 0.25) is 0 Å². The summed E-state index contributed by atoms with van der Waals surface area (Å²) in [7, 11) is 1.38. The monoisotopic (exact) mass is 223 g/mol. The molecule has 0 aliphatic rings. The van der Waals surface area contributed by atoms with E-state index in [-0.39, 0.29) is 5.97 Å². The van der Waals surface area contributed by atoms with Gasteiger partial charge in [0.1, 0.15) is 5.75 Å². The average molecular weight is 223 g/mol. The van der Waals surface area contributed by atoms with Gasteiger partial charge in [0, 0.05) is 17.7 Å². The van der Waals surface area contributed by atoms with Gasteiger partial charge in [-0.05, 0) is 25.5 Å². The molecule has 1 rings (SSSR count). The summed E-state index contributed by atoms with van der Waals surface area (Å²) in [4.78, 5) is 10.8. The van der Waals surface area contributed by atoms with E-state index >= 15 is 0 Å². The van der Waals surface area contributed by atoms with Gasteiger partial charge < -0.3 is 15.2 Å². The number of nitrogen functional groups attached to an aromatic ring is 1. The van der Waals surface area contributed by atoms with Gasteiger partial charge in [-0.1, -0.05) is 6.07 Å². The Labute approximate surface area is 95.3 Å². The number of benzene rings is 1. The quantitative estimate of drug-likeness (QED) is 0.470. The lowest BCUT2D eigenvalue weighted by Crippen LogP contribution is -2.05. The minimum absolute atomic E-state index is 0.215. The Kier molecular flexibility index (Phi) is 4.64. The molecule has 4 nitrogen and oxygen atoms in total. The van der Waals surface area contributed by atoms with Crippen LogP contribution in [0.5, 0.6) is 5.75 Å². The average Bonchev–Trinajstić information content (AvgIpc) is 2.29. The number of esters is 1. The highest BCUT2D eigenvalue weighted by Crippen LogP contribution is 2.22. The molecule has 0 atom stereocenters. The highest BCUT2D eigenvalue weighted by Gasteiger charge is 2.03. The van der Waals surface area contributed by atoms with Crippen LogP contribution in [0, 0.1) is 6.92 Å². The fraction of sp³-hybridized carbons (Fsp3) is 0.417. The van der Waals surface area contributed by atoms with Crippen molar-refractivity contribution in [1.82, 2.24) is 0 Å². The highest BCUT2D eigenvalue weighted by atomic mass is 16.5. The molecule has 0 aromatic heterocycles. The number of nitrogens with two attached hydrogens (primary N) is 1. The molecular weight excluding hydrogens is 206 g/mol. The van der Waals surface area contributed by atoms with Crippen molar-refractivity contribution >= 4 is 11.7 Å². The molecule has 0 saturated carbocycles. The number of carbonyl (C=O) groups excluding carboxylic acids is 1. The van der Waals surface area contributed by atoms with Gasteiger partial charge in [-0.15, -0.1) is 0 Å². The Bertz CT molecular complexity index is 363. The molecule has 1 aromatic rings. The van der Waals surface area contributed by atoms with Gasteiger partial charge in [0.25, 0.3) is 0 Å². The molecule has 0 aliphatic heterocycles. The first-order chi connectivity index (χ1) is 7.65. The van der Waals surface area contributed by atoms with E-state index in [1.54, 1.807) is 0 Å². The lowest BCUT2D eigenvalue weighted by atomic mass is 10.2. The standard InChI is InChI=1S/C12H17NO3/c1-9-10(13)5-3-6-11(9)16-8-4-7-12(14)15-2/h3,5-6H,4,7-8,13H2,1-2H3. The van der Waals surface area contributed by atoms with Crippen LogP contribution in [0.1, 0.15) is 18.4 Å². The lowest BCUT2D eigenvalue weighted by molar-refractivity contribution is -0.140. The summed E-state index contributed by atoms with van der Waals surface area (Å²) in [6.45, 7) is 2.39.